The predicted molar refractivity (Wildman–Crippen MR) is 90.9 cm³/mol. The molecule has 130 valence electrons. The topological polar surface area (TPSA) is 67.4 Å². The van der Waals surface area contributed by atoms with Crippen molar-refractivity contribution < 1.29 is 23.1 Å². The first-order valence-electron chi connectivity index (χ1n) is 7.41. The first kappa shape index (κ1) is 17.2. The number of hydrogen-bond acceptors (Lipinski definition) is 4. The molecule has 1 aliphatic heterocycles. The monoisotopic (exact) mass is 364 g/mol. The van der Waals surface area contributed by atoms with Crippen molar-refractivity contribution in [3.8, 4) is 5.75 Å². The second-order valence-corrected chi connectivity index (χ2v) is 6.39. The zero-order chi connectivity index (χ0) is 18.0. The summed E-state index contributed by atoms with van der Waals surface area (Å²) in [7, 11) is 0. The molecular weight excluding hydrogens is 350 g/mol. The van der Waals surface area contributed by atoms with Crippen LogP contribution in [0.1, 0.15) is 6.92 Å². The van der Waals surface area contributed by atoms with Gasteiger partial charge in [-0.05, 0) is 37.3 Å². The number of carbonyl (C=O) groups excluding carboxylic acids is 2. The number of anilines is 2. The van der Waals surface area contributed by atoms with Crippen LogP contribution in [0.3, 0.4) is 0 Å². The standard InChI is InChI=1S/C17H14F2N2O3S/c1-9-17(23)21-13-7-11(3-4-14(13)24-9)20-16(22)8-25-15-5-2-10(18)6-12(15)19/h2-7,9H,8H2,1H3,(H,20,22)(H,21,23)/t9-/m1/s1. The van der Waals surface area contributed by atoms with E-state index in [1.165, 1.54) is 6.07 Å². The maximum atomic E-state index is 13.5. The van der Waals surface area contributed by atoms with Crippen molar-refractivity contribution >= 4 is 35.0 Å². The summed E-state index contributed by atoms with van der Waals surface area (Å²) >= 11 is 0.964. The molecule has 5 nitrogen and oxygen atoms in total. The molecular formula is C17H14F2N2O3S. The Kier molecular flexibility index (Phi) is 4.89. The van der Waals surface area contributed by atoms with E-state index in [0.29, 0.717) is 17.1 Å². The average molecular weight is 364 g/mol. The molecule has 0 aromatic heterocycles. The Morgan fingerprint density at radius 2 is 2.08 bits per heavy atom. The Labute approximate surface area is 146 Å². The highest BCUT2D eigenvalue weighted by Crippen LogP contribution is 2.32. The van der Waals surface area contributed by atoms with Crippen molar-refractivity contribution in [3.05, 3.63) is 48.0 Å². The van der Waals surface area contributed by atoms with Crippen LogP contribution in [-0.2, 0) is 9.59 Å². The average Bonchev–Trinajstić information content (AvgIpc) is 2.55. The van der Waals surface area contributed by atoms with Crippen LogP contribution in [0, 0.1) is 11.6 Å². The van der Waals surface area contributed by atoms with Crippen molar-refractivity contribution in [1.29, 1.82) is 0 Å². The first-order valence-corrected chi connectivity index (χ1v) is 8.40. The van der Waals surface area contributed by atoms with E-state index in [4.69, 9.17) is 4.74 Å². The number of fused-ring (bicyclic) bond motifs is 1. The highest BCUT2D eigenvalue weighted by molar-refractivity contribution is 8.00. The highest BCUT2D eigenvalue weighted by Gasteiger charge is 2.23. The summed E-state index contributed by atoms with van der Waals surface area (Å²) < 4.78 is 31.8. The number of amides is 2. The molecule has 8 heteroatoms. The van der Waals surface area contributed by atoms with Gasteiger partial charge in [-0.1, -0.05) is 0 Å². The van der Waals surface area contributed by atoms with Crippen LogP contribution >= 0.6 is 11.8 Å². The Hall–Kier alpha value is -2.61. The van der Waals surface area contributed by atoms with E-state index < -0.39 is 17.7 Å². The van der Waals surface area contributed by atoms with Crippen LogP contribution in [-0.4, -0.2) is 23.7 Å². The molecule has 0 unspecified atom stereocenters. The number of ether oxygens (including phenoxy) is 1. The predicted octanol–water partition coefficient (Wildman–Crippen LogP) is 3.42. The van der Waals surface area contributed by atoms with E-state index in [9.17, 15) is 18.4 Å². The van der Waals surface area contributed by atoms with E-state index >= 15 is 0 Å². The van der Waals surface area contributed by atoms with Crippen LogP contribution in [0.15, 0.2) is 41.3 Å². The summed E-state index contributed by atoms with van der Waals surface area (Å²) in [6.07, 6.45) is -0.574. The molecule has 0 bridgehead atoms. The molecule has 0 aliphatic carbocycles. The van der Waals surface area contributed by atoms with Crippen LogP contribution in [0.25, 0.3) is 0 Å². The third kappa shape index (κ3) is 4.08. The van der Waals surface area contributed by atoms with Crippen LogP contribution in [0.2, 0.25) is 0 Å². The lowest BCUT2D eigenvalue weighted by Crippen LogP contribution is -2.34. The lowest BCUT2D eigenvalue weighted by Gasteiger charge is -2.23. The number of rotatable bonds is 4. The van der Waals surface area contributed by atoms with Gasteiger partial charge in [0.05, 0.1) is 11.4 Å². The van der Waals surface area contributed by atoms with Gasteiger partial charge in [-0.3, -0.25) is 9.59 Å². The molecule has 2 N–H and O–H groups in total. The van der Waals surface area contributed by atoms with E-state index in [-0.39, 0.29) is 22.5 Å². The molecule has 2 aromatic rings. The van der Waals surface area contributed by atoms with Gasteiger partial charge in [0.2, 0.25) is 5.91 Å². The molecule has 25 heavy (non-hydrogen) atoms. The van der Waals surface area contributed by atoms with Gasteiger partial charge in [-0.25, -0.2) is 8.78 Å². The minimum atomic E-state index is -0.708. The second kappa shape index (κ2) is 7.10. The lowest BCUT2D eigenvalue weighted by molar-refractivity contribution is -0.122. The third-order valence-electron chi connectivity index (χ3n) is 3.45. The highest BCUT2D eigenvalue weighted by atomic mass is 32.2. The van der Waals surface area contributed by atoms with Crippen LogP contribution < -0.4 is 15.4 Å². The number of carbonyl (C=O) groups is 2. The number of thioether (sulfide) groups is 1. The van der Waals surface area contributed by atoms with Crippen LogP contribution in [0.5, 0.6) is 5.75 Å². The van der Waals surface area contributed by atoms with Gasteiger partial charge in [0.15, 0.2) is 6.10 Å². The summed E-state index contributed by atoms with van der Waals surface area (Å²) in [5.41, 5.74) is 0.945. The number of hydrogen-bond donors (Lipinski definition) is 2. The summed E-state index contributed by atoms with van der Waals surface area (Å²) in [5, 5.41) is 5.34. The molecule has 0 radical (unpaired) electrons. The number of nitrogens with one attached hydrogen (secondary N) is 2. The van der Waals surface area contributed by atoms with Gasteiger partial charge in [0.1, 0.15) is 17.4 Å². The molecule has 1 atom stereocenters. The fourth-order valence-electron chi connectivity index (χ4n) is 2.22. The van der Waals surface area contributed by atoms with Gasteiger partial charge in [0, 0.05) is 16.6 Å². The van der Waals surface area contributed by atoms with Gasteiger partial charge < -0.3 is 15.4 Å². The second-order valence-electron chi connectivity index (χ2n) is 5.37. The summed E-state index contributed by atoms with van der Waals surface area (Å²) in [5.74, 6) is -1.52. The molecule has 2 amide bonds. The molecule has 0 saturated carbocycles. The maximum Gasteiger partial charge on any atom is 0.265 e. The van der Waals surface area contributed by atoms with Crippen LogP contribution in [0.4, 0.5) is 20.2 Å². The lowest BCUT2D eigenvalue weighted by atomic mass is 10.2. The molecule has 3 rings (SSSR count). The molecule has 2 aromatic carbocycles. The molecule has 0 fully saturated rings. The van der Waals surface area contributed by atoms with E-state index in [0.717, 1.165) is 23.9 Å². The van der Waals surface area contributed by atoms with Crippen molar-refractivity contribution in [1.82, 2.24) is 0 Å². The summed E-state index contributed by atoms with van der Waals surface area (Å²) in [4.78, 5) is 23.8. The van der Waals surface area contributed by atoms with E-state index in [1.54, 1.807) is 25.1 Å². The van der Waals surface area contributed by atoms with E-state index in [2.05, 4.69) is 10.6 Å². The summed E-state index contributed by atoms with van der Waals surface area (Å²) in [6.45, 7) is 1.64. The summed E-state index contributed by atoms with van der Waals surface area (Å²) in [6, 6.07) is 8.07. The van der Waals surface area contributed by atoms with Gasteiger partial charge in [-0.15, -0.1) is 11.8 Å². The maximum absolute atomic E-state index is 13.5. The molecule has 1 aliphatic rings. The normalized spacial score (nSPS) is 15.8. The van der Waals surface area contributed by atoms with Crippen molar-refractivity contribution in [3.63, 3.8) is 0 Å². The molecule has 1 heterocycles. The Morgan fingerprint density at radius 3 is 2.84 bits per heavy atom. The van der Waals surface area contributed by atoms with Gasteiger partial charge in [-0.2, -0.15) is 0 Å². The minimum absolute atomic E-state index is 0.0421. The van der Waals surface area contributed by atoms with Gasteiger partial charge in [0.25, 0.3) is 5.91 Å². The number of benzene rings is 2. The number of halogens is 2. The quantitative estimate of drug-likeness (QED) is 0.816. The van der Waals surface area contributed by atoms with Crippen molar-refractivity contribution in [2.24, 2.45) is 0 Å². The zero-order valence-electron chi connectivity index (χ0n) is 13.1. The fraction of sp³-hybridized carbons (Fsp3) is 0.176. The molecule has 0 saturated heterocycles. The fourth-order valence-corrected chi connectivity index (χ4v) is 2.94. The third-order valence-corrected chi connectivity index (χ3v) is 4.50. The smallest absolute Gasteiger partial charge is 0.265 e. The largest absolute Gasteiger partial charge is 0.479 e. The van der Waals surface area contributed by atoms with Gasteiger partial charge >= 0.3 is 0 Å². The molecule has 0 spiro atoms. The van der Waals surface area contributed by atoms with Crippen molar-refractivity contribution in [2.75, 3.05) is 16.4 Å². The van der Waals surface area contributed by atoms with Crippen molar-refractivity contribution in [2.45, 2.75) is 17.9 Å². The Balaban J connectivity index is 1.61. The SMILES string of the molecule is C[C@H]1Oc2ccc(NC(=O)CSc3ccc(F)cc3F)cc2NC1=O. The first-order chi connectivity index (χ1) is 11.9. The minimum Gasteiger partial charge on any atom is -0.479 e. The van der Waals surface area contributed by atoms with E-state index in [1.807, 2.05) is 0 Å². The Bertz CT molecular complexity index is 845. The Morgan fingerprint density at radius 1 is 1.28 bits per heavy atom. The zero-order valence-corrected chi connectivity index (χ0v) is 14.0.